The maximum absolute atomic E-state index is 11.7. The van der Waals surface area contributed by atoms with E-state index in [0.29, 0.717) is 23.7 Å². The van der Waals surface area contributed by atoms with Crippen LogP contribution >= 0.6 is 24.0 Å². The lowest BCUT2D eigenvalue weighted by Crippen LogP contribution is -2.31. The quantitative estimate of drug-likeness (QED) is 0.887. The molecule has 1 atom stereocenters. The molecule has 0 saturated carbocycles. The Bertz CT molecular complexity index is 383. The molecule has 0 fully saturated rings. The maximum atomic E-state index is 11.7. The van der Waals surface area contributed by atoms with Crippen molar-refractivity contribution in [2.24, 2.45) is 11.7 Å². The molecule has 0 aliphatic rings. The molecule has 0 aromatic heterocycles. The standard InChI is InChI=1S/C12H17ClN2O.ClH/c1-8(6-14)7-15-12(16)10-4-3-9(2)11(13)5-10;/h3-5,8H,6-7,14H2,1-2H3,(H,15,16);1H. The molecule has 0 aliphatic carbocycles. The van der Waals surface area contributed by atoms with Gasteiger partial charge in [-0.05, 0) is 37.1 Å². The van der Waals surface area contributed by atoms with Crippen molar-refractivity contribution in [1.29, 1.82) is 0 Å². The van der Waals surface area contributed by atoms with Crippen LogP contribution in [0.1, 0.15) is 22.8 Å². The predicted molar refractivity (Wildman–Crippen MR) is 74.0 cm³/mol. The zero-order valence-electron chi connectivity index (χ0n) is 10.00. The van der Waals surface area contributed by atoms with Gasteiger partial charge >= 0.3 is 0 Å². The molecule has 3 N–H and O–H groups in total. The lowest BCUT2D eigenvalue weighted by atomic mass is 10.1. The first-order valence-corrected chi connectivity index (χ1v) is 5.66. The van der Waals surface area contributed by atoms with Gasteiger partial charge in [-0.15, -0.1) is 12.4 Å². The van der Waals surface area contributed by atoms with Crippen molar-refractivity contribution in [3.63, 3.8) is 0 Å². The highest BCUT2D eigenvalue weighted by molar-refractivity contribution is 6.31. The van der Waals surface area contributed by atoms with Gasteiger partial charge in [0.05, 0.1) is 0 Å². The molecule has 0 aliphatic heterocycles. The first kappa shape index (κ1) is 16.2. The first-order valence-electron chi connectivity index (χ1n) is 5.29. The van der Waals surface area contributed by atoms with Crippen LogP contribution in [-0.4, -0.2) is 19.0 Å². The van der Waals surface area contributed by atoms with Crippen molar-refractivity contribution < 1.29 is 4.79 Å². The summed E-state index contributed by atoms with van der Waals surface area (Å²) in [6.45, 7) is 5.04. The molecule has 0 radical (unpaired) electrons. The number of amides is 1. The van der Waals surface area contributed by atoms with Gasteiger partial charge in [-0.25, -0.2) is 0 Å². The second kappa shape index (κ2) is 7.54. The van der Waals surface area contributed by atoms with Crippen molar-refractivity contribution in [2.75, 3.05) is 13.1 Å². The summed E-state index contributed by atoms with van der Waals surface area (Å²) in [4.78, 5) is 11.7. The van der Waals surface area contributed by atoms with Crippen LogP contribution in [0.5, 0.6) is 0 Å². The van der Waals surface area contributed by atoms with Crippen molar-refractivity contribution in [2.45, 2.75) is 13.8 Å². The van der Waals surface area contributed by atoms with Gasteiger partial charge in [-0.2, -0.15) is 0 Å². The number of carbonyl (C=O) groups is 1. The van der Waals surface area contributed by atoms with Gasteiger partial charge in [0.1, 0.15) is 0 Å². The second-order valence-corrected chi connectivity index (χ2v) is 4.42. The third-order valence-corrected chi connectivity index (χ3v) is 2.85. The molecule has 1 aromatic rings. The summed E-state index contributed by atoms with van der Waals surface area (Å²) in [5.74, 6) is 0.173. The minimum atomic E-state index is -0.109. The summed E-state index contributed by atoms with van der Waals surface area (Å²) < 4.78 is 0. The topological polar surface area (TPSA) is 55.1 Å². The van der Waals surface area contributed by atoms with Gasteiger partial charge in [-0.1, -0.05) is 24.6 Å². The van der Waals surface area contributed by atoms with Crippen molar-refractivity contribution >= 4 is 29.9 Å². The average molecular weight is 277 g/mol. The number of nitrogens with two attached hydrogens (primary N) is 1. The molecule has 96 valence electrons. The van der Waals surface area contributed by atoms with Gasteiger partial charge in [-0.3, -0.25) is 4.79 Å². The number of benzene rings is 1. The zero-order chi connectivity index (χ0) is 12.1. The second-order valence-electron chi connectivity index (χ2n) is 4.01. The van der Waals surface area contributed by atoms with E-state index >= 15 is 0 Å². The molecule has 3 nitrogen and oxygen atoms in total. The highest BCUT2D eigenvalue weighted by atomic mass is 35.5. The van der Waals surface area contributed by atoms with E-state index in [9.17, 15) is 4.79 Å². The van der Waals surface area contributed by atoms with Gasteiger partial charge in [0.25, 0.3) is 5.91 Å². The average Bonchev–Trinajstić information content (AvgIpc) is 2.29. The summed E-state index contributed by atoms with van der Waals surface area (Å²) in [5, 5.41) is 3.43. The molecule has 1 unspecified atom stereocenters. The van der Waals surface area contributed by atoms with Crippen LogP contribution in [0.4, 0.5) is 0 Å². The van der Waals surface area contributed by atoms with Crippen LogP contribution in [0.2, 0.25) is 5.02 Å². The van der Waals surface area contributed by atoms with E-state index in [1.54, 1.807) is 12.1 Å². The molecule has 0 heterocycles. The molecule has 5 heteroatoms. The minimum Gasteiger partial charge on any atom is -0.352 e. The zero-order valence-corrected chi connectivity index (χ0v) is 11.6. The number of hydrogen-bond acceptors (Lipinski definition) is 2. The van der Waals surface area contributed by atoms with Gasteiger partial charge in [0.2, 0.25) is 0 Å². The summed E-state index contributed by atoms with van der Waals surface area (Å²) in [6.07, 6.45) is 0. The van der Waals surface area contributed by atoms with Gasteiger partial charge in [0.15, 0.2) is 0 Å². The Hall–Kier alpha value is -0.770. The van der Waals surface area contributed by atoms with Crippen molar-refractivity contribution in [3.8, 4) is 0 Å². The Morgan fingerprint density at radius 1 is 1.53 bits per heavy atom. The van der Waals surface area contributed by atoms with Gasteiger partial charge < -0.3 is 11.1 Å². The predicted octanol–water partition coefficient (Wildman–Crippen LogP) is 2.39. The lowest BCUT2D eigenvalue weighted by Gasteiger charge is -2.10. The maximum Gasteiger partial charge on any atom is 0.251 e. The monoisotopic (exact) mass is 276 g/mol. The number of aryl methyl sites for hydroxylation is 1. The van der Waals surface area contributed by atoms with Crippen LogP contribution in [0, 0.1) is 12.8 Å². The van der Waals surface area contributed by atoms with Crippen LogP contribution in [0.15, 0.2) is 18.2 Å². The van der Waals surface area contributed by atoms with Crippen molar-refractivity contribution in [1.82, 2.24) is 5.32 Å². The SMILES string of the molecule is Cc1ccc(C(=O)NCC(C)CN)cc1Cl.Cl. The van der Waals surface area contributed by atoms with E-state index < -0.39 is 0 Å². The number of rotatable bonds is 4. The fourth-order valence-corrected chi connectivity index (χ4v) is 1.37. The molecule has 1 aromatic carbocycles. The van der Waals surface area contributed by atoms with E-state index in [-0.39, 0.29) is 24.2 Å². The van der Waals surface area contributed by atoms with E-state index in [0.717, 1.165) is 5.56 Å². The van der Waals surface area contributed by atoms with Crippen LogP contribution in [0.25, 0.3) is 0 Å². The lowest BCUT2D eigenvalue weighted by molar-refractivity contribution is 0.0948. The number of carbonyl (C=O) groups excluding carboxylic acids is 1. The minimum absolute atomic E-state index is 0. The Kier molecular flexibility index (Phi) is 7.19. The molecule has 17 heavy (non-hydrogen) atoms. The largest absolute Gasteiger partial charge is 0.352 e. The number of halogens is 2. The van der Waals surface area contributed by atoms with Crippen LogP contribution in [0.3, 0.4) is 0 Å². The fraction of sp³-hybridized carbons (Fsp3) is 0.417. The molecule has 0 saturated heterocycles. The third-order valence-electron chi connectivity index (χ3n) is 2.45. The van der Waals surface area contributed by atoms with E-state index in [1.807, 2.05) is 19.9 Å². The highest BCUT2D eigenvalue weighted by Gasteiger charge is 2.08. The molecule has 1 amide bonds. The molecule has 0 spiro atoms. The smallest absolute Gasteiger partial charge is 0.251 e. The first-order chi connectivity index (χ1) is 7.54. The Morgan fingerprint density at radius 3 is 2.71 bits per heavy atom. The van der Waals surface area contributed by atoms with E-state index in [1.165, 1.54) is 0 Å². The highest BCUT2D eigenvalue weighted by Crippen LogP contribution is 2.16. The van der Waals surface area contributed by atoms with E-state index in [4.69, 9.17) is 17.3 Å². The van der Waals surface area contributed by atoms with Crippen molar-refractivity contribution in [3.05, 3.63) is 34.3 Å². The Labute approximate surface area is 113 Å². The summed E-state index contributed by atoms with van der Waals surface area (Å²) in [7, 11) is 0. The van der Waals surface area contributed by atoms with Crippen LogP contribution in [-0.2, 0) is 0 Å². The molecular weight excluding hydrogens is 259 g/mol. The molecule has 0 bridgehead atoms. The summed E-state index contributed by atoms with van der Waals surface area (Å²) in [6, 6.07) is 5.28. The molecular formula is C12H18Cl2N2O. The van der Waals surface area contributed by atoms with Crippen LogP contribution < -0.4 is 11.1 Å². The Morgan fingerprint density at radius 2 is 2.18 bits per heavy atom. The fourth-order valence-electron chi connectivity index (χ4n) is 1.19. The van der Waals surface area contributed by atoms with E-state index in [2.05, 4.69) is 5.32 Å². The number of nitrogens with one attached hydrogen (secondary N) is 1. The normalized spacial score (nSPS) is 11.5. The summed E-state index contributed by atoms with van der Waals surface area (Å²) in [5.41, 5.74) is 7.02. The number of hydrogen-bond donors (Lipinski definition) is 2. The molecule has 1 rings (SSSR count). The third kappa shape index (κ3) is 4.94. The Balaban J connectivity index is 0.00000256. The summed E-state index contributed by atoms with van der Waals surface area (Å²) >= 11 is 5.95. The van der Waals surface area contributed by atoms with Gasteiger partial charge in [0, 0.05) is 17.1 Å².